The Labute approximate surface area is 244 Å². The standard InChI is InChI=1S/C30H29F3N6O4/c1-41-18-8-9-22-24(13-18)39(29(37-22)30(31,32)33)16-26(40)38-11-10-19(42-2)14-25(38)27-34-15-23(35-27)20-12-17-6-4-5-7-21(17)36-28(20)43-3/h4-9,12-13,15,19,25H,10-11,14,16H2,1-3H3,(H,34,35)/t19-,25+/m1/s1. The molecule has 1 aliphatic heterocycles. The van der Waals surface area contributed by atoms with Crippen LogP contribution in [0.4, 0.5) is 13.2 Å². The van der Waals surface area contributed by atoms with E-state index in [1.165, 1.54) is 32.4 Å². The van der Waals surface area contributed by atoms with Gasteiger partial charge in [-0.15, -0.1) is 0 Å². The normalized spacial score (nSPS) is 17.5. The summed E-state index contributed by atoms with van der Waals surface area (Å²) in [7, 11) is 4.55. The van der Waals surface area contributed by atoms with Gasteiger partial charge in [0.25, 0.3) is 0 Å². The summed E-state index contributed by atoms with van der Waals surface area (Å²) in [5, 5.41) is 0.910. The predicted molar refractivity (Wildman–Crippen MR) is 152 cm³/mol. The van der Waals surface area contributed by atoms with Crippen LogP contribution in [0.5, 0.6) is 11.6 Å². The van der Waals surface area contributed by atoms with E-state index in [9.17, 15) is 18.0 Å². The average Bonchev–Trinajstić information content (AvgIpc) is 3.65. The number of H-pyrrole nitrogens is 1. The van der Waals surface area contributed by atoms with Gasteiger partial charge in [-0.25, -0.2) is 15.0 Å². The van der Waals surface area contributed by atoms with E-state index in [1.807, 2.05) is 30.3 Å². The molecule has 43 heavy (non-hydrogen) atoms. The molecule has 224 valence electrons. The Bertz CT molecular complexity index is 1800. The molecule has 0 aliphatic carbocycles. The fraction of sp³-hybridized carbons (Fsp3) is 0.333. The third-order valence-electron chi connectivity index (χ3n) is 7.79. The molecule has 0 saturated carbocycles. The van der Waals surface area contributed by atoms with E-state index in [4.69, 9.17) is 14.2 Å². The maximum absolute atomic E-state index is 14.0. The van der Waals surface area contributed by atoms with Crippen molar-refractivity contribution in [3.8, 4) is 22.9 Å². The van der Waals surface area contributed by atoms with Crippen molar-refractivity contribution >= 4 is 27.8 Å². The van der Waals surface area contributed by atoms with E-state index in [-0.39, 0.29) is 23.7 Å². The first kappa shape index (κ1) is 28.5. The van der Waals surface area contributed by atoms with Crippen LogP contribution in [0.3, 0.4) is 0 Å². The molecule has 1 N–H and O–H groups in total. The number of nitrogens with one attached hydrogen (secondary N) is 1. The lowest BCUT2D eigenvalue weighted by Gasteiger charge is -2.38. The summed E-state index contributed by atoms with van der Waals surface area (Å²) in [4.78, 5) is 31.7. The van der Waals surface area contributed by atoms with Gasteiger partial charge in [-0.1, -0.05) is 18.2 Å². The number of piperidine rings is 1. The zero-order chi connectivity index (χ0) is 30.3. The van der Waals surface area contributed by atoms with Crippen LogP contribution in [0.25, 0.3) is 33.2 Å². The van der Waals surface area contributed by atoms with E-state index in [2.05, 4.69) is 19.9 Å². The van der Waals surface area contributed by atoms with Crippen LogP contribution in [0.2, 0.25) is 0 Å². The van der Waals surface area contributed by atoms with Gasteiger partial charge in [0.1, 0.15) is 18.1 Å². The number of para-hydroxylation sites is 1. The number of carbonyl (C=O) groups excluding carboxylic acids is 1. The lowest BCUT2D eigenvalue weighted by atomic mass is 9.98. The van der Waals surface area contributed by atoms with Gasteiger partial charge in [-0.3, -0.25) is 4.79 Å². The van der Waals surface area contributed by atoms with Gasteiger partial charge >= 0.3 is 6.18 Å². The molecular formula is C30H29F3N6O4. The zero-order valence-electron chi connectivity index (χ0n) is 23.7. The molecule has 0 bridgehead atoms. The van der Waals surface area contributed by atoms with E-state index in [0.717, 1.165) is 15.5 Å². The summed E-state index contributed by atoms with van der Waals surface area (Å²) in [6, 6.07) is 13.4. The third-order valence-corrected chi connectivity index (χ3v) is 7.79. The molecule has 3 aromatic heterocycles. The smallest absolute Gasteiger partial charge is 0.449 e. The van der Waals surface area contributed by atoms with Crippen LogP contribution in [-0.4, -0.2) is 69.3 Å². The summed E-state index contributed by atoms with van der Waals surface area (Å²) in [6.45, 7) is -0.293. The Morgan fingerprint density at radius 1 is 1.05 bits per heavy atom. The van der Waals surface area contributed by atoms with Gasteiger partial charge in [0.05, 0.1) is 60.4 Å². The number of aromatic amines is 1. The fourth-order valence-corrected chi connectivity index (χ4v) is 5.63. The molecule has 13 heteroatoms. The SMILES string of the molecule is COc1ccc2nc(C(F)(F)F)n(CC(=O)N3CC[C@@H](OC)C[C@H]3c3ncc(-c4cc5ccccc5nc4OC)[nH]3)c2c1. The second-order valence-corrected chi connectivity index (χ2v) is 10.3. The summed E-state index contributed by atoms with van der Waals surface area (Å²) in [6.07, 6.45) is -2.35. The third kappa shape index (κ3) is 5.36. The number of ether oxygens (including phenoxy) is 3. The van der Waals surface area contributed by atoms with Crippen LogP contribution in [-0.2, 0) is 22.3 Å². The summed E-state index contributed by atoms with van der Waals surface area (Å²) >= 11 is 0. The molecular weight excluding hydrogens is 565 g/mol. The maximum atomic E-state index is 14.0. The second kappa shape index (κ2) is 11.2. The Morgan fingerprint density at radius 2 is 1.86 bits per heavy atom. The minimum atomic E-state index is -4.77. The molecule has 2 atom stereocenters. The van der Waals surface area contributed by atoms with E-state index < -0.39 is 30.5 Å². The number of nitrogens with zero attached hydrogens (tertiary/aromatic N) is 5. The van der Waals surface area contributed by atoms with Crippen molar-refractivity contribution in [2.75, 3.05) is 27.9 Å². The number of carbonyl (C=O) groups is 1. The predicted octanol–water partition coefficient (Wildman–Crippen LogP) is 5.39. The van der Waals surface area contributed by atoms with Crippen molar-refractivity contribution in [3.63, 3.8) is 0 Å². The first-order valence-electron chi connectivity index (χ1n) is 13.6. The van der Waals surface area contributed by atoms with E-state index in [1.54, 1.807) is 18.2 Å². The molecule has 1 aliphatic rings. The van der Waals surface area contributed by atoms with Crippen molar-refractivity contribution < 1.29 is 32.2 Å². The lowest BCUT2D eigenvalue weighted by molar-refractivity contribution is -0.149. The molecule has 10 nitrogen and oxygen atoms in total. The maximum Gasteiger partial charge on any atom is 0.449 e. The molecule has 0 unspecified atom stereocenters. The first-order valence-corrected chi connectivity index (χ1v) is 13.6. The Kier molecular flexibility index (Phi) is 7.42. The number of halogens is 3. The van der Waals surface area contributed by atoms with Crippen LogP contribution in [0.15, 0.2) is 54.7 Å². The van der Waals surface area contributed by atoms with Gasteiger partial charge in [-0.2, -0.15) is 13.2 Å². The number of fused-ring (bicyclic) bond motifs is 2. The summed E-state index contributed by atoms with van der Waals surface area (Å²) in [5.74, 6) is -0.412. The van der Waals surface area contributed by atoms with Gasteiger partial charge in [-0.05, 0) is 30.7 Å². The number of methoxy groups -OCH3 is 3. The minimum Gasteiger partial charge on any atom is -0.497 e. The number of hydrogen-bond acceptors (Lipinski definition) is 7. The molecule has 4 heterocycles. The highest BCUT2D eigenvalue weighted by molar-refractivity contribution is 5.85. The number of alkyl halides is 3. The first-order chi connectivity index (χ1) is 20.7. The van der Waals surface area contributed by atoms with E-state index >= 15 is 0 Å². The summed E-state index contributed by atoms with van der Waals surface area (Å²) in [5.41, 5.74) is 2.36. The topological polar surface area (TPSA) is 107 Å². The van der Waals surface area contributed by atoms with Crippen molar-refractivity contribution in [1.29, 1.82) is 0 Å². The van der Waals surface area contributed by atoms with E-state index in [0.29, 0.717) is 41.6 Å². The number of likely N-dealkylation sites (tertiary alicyclic amines) is 1. The number of benzene rings is 2. The zero-order valence-corrected chi connectivity index (χ0v) is 23.7. The molecule has 1 fully saturated rings. The monoisotopic (exact) mass is 594 g/mol. The van der Waals surface area contributed by atoms with Crippen molar-refractivity contribution in [3.05, 3.63) is 66.4 Å². The number of rotatable bonds is 7. The van der Waals surface area contributed by atoms with Crippen LogP contribution >= 0.6 is 0 Å². The largest absolute Gasteiger partial charge is 0.497 e. The van der Waals surface area contributed by atoms with Crippen molar-refractivity contribution in [2.24, 2.45) is 0 Å². The van der Waals surface area contributed by atoms with Gasteiger partial charge in [0.2, 0.25) is 17.6 Å². The highest BCUT2D eigenvalue weighted by atomic mass is 19.4. The van der Waals surface area contributed by atoms with Crippen LogP contribution in [0, 0.1) is 0 Å². The van der Waals surface area contributed by atoms with Crippen molar-refractivity contribution in [2.45, 2.75) is 37.7 Å². The fourth-order valence-electron chi connectivity index (χ4n) is 5.63. The number of hydrogen-bond donors (Lipinski definition) is 1. The van der Waals surface area contributed by atoms with Crippen molar-refractivity contribution in [1.82, 2.24) is 29.4 Å². The van der Waals surface area contributed by atoms with Crippen LogP contribution < -0.4 is 9.47 Å². The van der Waals surface area contributed by atoms with Gasteiger partial charge < -0.3 is 28.7 Å². The lowest BCUT2D eigenvalue weighted by Crippen LogP contribution is -2.45. The Balaban J connectivity index is 1.35. The number of aromatic nitrogens is 5. The molecule has 6 rings (SSSR count). The quantitative estimate of drug-likeness (QED) is 0.269. The highest BCUT2D eigenvalue weighted by Gasteiger charge is 2.40. The molecule has 1 amide bonds. The van der Waals surface area contributed by atoms with Crippen LogP contribution in [0.1, 0.15) is 30.5 Å². The summed E-state index contributed by atoms with van der Waals surface area (Å²) < 4.78 is 59.4. The Morgan fingerprint density at radius 3 is 2.60 bits per heavy atom. The average molecular weight is 595 g/mol. The minimum absolute atomic E-state index is 0.115. The Hall–Kier alpha value is -4.65. The van der Waals surface area contributed by atoms with Gasteiger partial charge in [0.15, 0.2) is 0 Å². The number of pyridine rings is 1. The second-order valence-electron chi connectivity index (χ2n) is 10.3. The van der Waals surface area contributed by atoms with Gasteiger partial charge in [0, 0.05) is 31.5 Å². The number of amides is 1. The highest BCUT2D eigenvalue weighted by Crippen LogP contribution is 2.37. The number of imidazole rings is 2. The molecule has 0 radical (unpaired) electrons. The molecule has 5 aromatic rings. The molecule has 2 aromatic carbocycles. The molecule has 1 saturated heterocycles. The molecule has 0 spiro atoms.